The smallest absolute Gasteiger partial charge is 0.323 e. The second-order valence-electron chi connectivity index (χ2n) is 7.92. The third-order valence-corrected chi connectivity index (χ3v) is 5.95. The normalized spacial score (nSPS) is 16.0. The summed E-state index contributed by atoms with van der Waals surface area (Å²) in [5.74, 6) is 0.664. The Morgan fingerprint density at radius 2 is 1.84 bits per heavy atom. The topological polar surface area (TPSA) is 56.6 Å². The molecule has 0 saturated heterocycles. The van der Waals surface area contributed by atoms with Crippen molar-refractivity contribution in [1.29, 1.82) is 0 Å². The Morgan fingerprint density at radius 1 is 1.06 bits per heavy atom. The Balaban J connectivity index is 1.48. The number of esters is 1. The minimum absolute atomic E-state index is 0.185. The fraction of sp³-hybridized carbons (Fsp3) is 0.360. The molecule has 0 bridgehead atoms. The van der Waals surface area contributed by atoms with E-state index in [9.17, 15) is 4.79 Å². The number of ether oxygens (including phenoxy) is 2. The highest BCUT2D eigenvalue weighted by atomic mass is 16.5. The van der Waals surface area contributed by atoms with Crippen LogP contribution in [0.25, 0.3) is 0 Å². The number of hydrogen-bond acceptors (Lipinski definition) is 5. The number of imidazole rings is 1. The van der Waals surface area contributed by atoms with Gasteiger partial charge in [-0.15, -0.1) is 0 Å². The molecule has 0 N–H and O–H groups in total. The van der Waals surface area contributed by atoms with Crippen molar-refractivity contribution in [3.8, 4) is 5.75 Å². The molecule has 0 amide bonds. The summed E-state index contributed by atoms with van der Waals surface area (Å²) < 4.78 is 12.5. The van der Waals surface area contributed by atoms with Crippen molar-refractivity contribution in [2.45, 2.75) is 38.4 Å². The Labute approximate surface area is 183 Å². The molecule has 31 heavy (non-hydrogen) atoms. The highest BCUT2D eigenvalue weighted by Gasteiger charge is 2.34. The van der Waals surface area contributed by atoms with Crippen molar-refractivity contribution < 1.29 is 14.3 Å². The maximum atomic E-state index is 12.5. The van der Waals surface area contributed by atoms with Crippen LogP contribution < -0.4 is 4.74 Å². The predicted molar refractivity (Wildman–Crippen MR) is 119 cm³/mol. The van der Waals surface area contributed by atoms with Crippen molar-refractivity contribution >= 4 is 5.97 Å². The van der Waals surface area contributed by atoms with E-state index in [0.717, 1.165) is 37.4 Å². The summed E-state index contributed by atoms with van der Waals surface area (Å²) in [6.45, 7) is 2.27. The Hall–Kier alpha value is -3.12. The molecule has 0 radical (unpaired) electrons. The first-order valence-corrected chi connectivity index (χ1v) is 10.7. The fourth-order valence-electron chi connectivity index (χ4n) is 4.21. The molecule has 0 unspecified atom stereocenters. The van der Waals surface area contributed by atoms with Crippen LogP contribution in [0.15, 0.2) is 60.9 Å². The molecule has 0 spiro atoms. The molecular formula is C25H29N3O3. The van der Waals surface area contributed by atoms with Crippen LogP contribution in [-0.2, 0) is 35.5 Å². The number of carbonyl (C=O) groups excluding carboxylic acids is 1. The van der Waals surface area contributed by atoms with Gasteiger partial charge >= 0.3 is 5.97 Å². The molecule has 1 aliphatic heterocycles. The van der Waals surface area contributed by atoms with Crippen molar-refractivity contribution in [2.24, 2.45) is 0 Å². The lowest BCUT2D eigenvalue weighted by Crippen LogP contribution is -2.47. The van der Waals surface area contributed by atoms with E-state index in [2.05, 4.69) is 50.8 Å². The van der Waals surface area contributed by atoms with E-state index < -0.39 is 0 Å². The highest BCUT2D eigenvalue weighted by Crippen LogP contribution is 2.25. The van der Waals surface area contributed by atoms with Gasteiger partial charge in [-0.1, -0.05) is 42.5 Å². The van der Waals surface area contributed by atoms with Gasteiger partial charge in [0.15, 0.2) is 0 Å². The number of hydrogen-bond donors (Lipinski definition) is 0. The zero-order chi connectivity index (χ0) is 21.6. The number of nitrogens with zero attached hydrogens (tertiary/aromatic N) is 3. The average Bonchev–Trinajstić information content (AvgIpc) is 3.20. The fourth-order valence-corrected chi connectivity index (χ4v) is 4.21. The summed E-state index contributed by atoms with van der Waals surface area (Å²) in [6, 6.07) is 18.3. The molecule has 1 atom stereocenters. The van der Waals surface area contributed by atoms with E-state index in [4.69, 9.17) is 9.47 Å². The molecule has 0 saturated carbocycles. The van der Waals surface area contributed by atoms with Gasteiger partial charge in [0.25, 0.3) is 0 Å². The molecule has 3 aromatic rings. The van der Waals surface area contributed by atoms with Gasteiger partial charge in [0, 0.05) is 19.5 Å². The van der Waals surface area contributed by atoms with Crippen LogP contribution in [0.3, 0.4) is 0 Å². The Bertz CT molecular complexity index is 999. The van der Waals surface area contributed by atoms with Gasteiger partial charge in [-0.2, -0.15) is 0 Å². The largest absolute Gasteiger partial charge is 0.497 e. The number of aromatic nitrogens is 2. The van der Waals surface area contributed by atoms with Gasteiger partial charge in [-0.25, -0.2) is 4.98 Å². The molecule has 2 heterocycles. The maximum Gasteiger partial charge on any atom is 0.323 e. The van der Waals surface area contributed by atoms with Crippen LogP contribution in [-0.4, -0.2) is 47.2 Å². The van der Waals surface area contributed by atoms with E-state index >= 15 is 0 Å². The standard InChI is InChI=1S/C25H29N3O3/c1-30-21-12-10-20(11-13-21)16-28-18-26-22-15-23(25(29)31-2)27(17-24(22)28)14-6-9-19-7-4-3-5-8-19/h3-5,7-8,10-13,18,23H,6,9,14-17H2,1-2H3/t23-/m0/s1. The van der Waals surface area contributed by atoms with E-state index in [1.54, 1.807) is 7.11 Å². The summed E-state index contributed by atoms with van der Waals surface area (Å²) in [5.41, 5.74) is 4.67. The minimum atomic E-state index is -0.280. The molecule has 0 fully saturated rings. The maximum absolute atomic E-state index is 12.5. The molecule has 1 aromatic heterocycles. The predicted octanol–water partition coefficient (Wildman–Crippen LogP) is 3.47. The van der Waals surface area contributed by atoms with Crippen LogP contribution in [0.5, 0.6) is 5.75 Å². The molecule has 4 rings (SSSR count). The van der Waals surface area contributed by atoms with E-state index in [1.165, 1.54) is 23.9 Å². The summed E-state index contributed by atoms with van der Waals surface area (Å²) in [5, 5.41) is 0. The van der Waals surface area contributed by atoms with Crippen LogP contribution in [0.4, 0.5) is 0 Å². The van der Waals surface area contributed by atoms with Crippen LogP contribution in [0, 0.1) is 0 Å². The number of rotatable bonds is 8. The second kappa shape index (κ2) is 9.79. The lowest BCUT2D eigenvalue weighted by atomic mass is 10.0. The number of aryl methyl sites for hydroxylation is 1. The monoisotopic (exact) mass is 419 g/mol. The zero-order valence-corrected chi connectivity index (χ0v) is 18.2. The van der Waals surface area contributed by atoms with Gasteiger partial charge in [0.05, 0.1) is 31.9 Å². The Morgan fingerprint density at radius 3 is 2.55 bits per heavy atom. The summed E-state index contributed by atoms with van der Waals surface area (Å²) >= 11 is 0. The second-order valence-corrected chi connectivity index (χ2v) is 7.92. The SMILES string of the molecule is COC(=O)[C@@H]1Cc2ncn(Cc3ccc(OC)cc3)c2CN1CCCc1ccccc1. The van der Waals surface area contributed by atoms with Gasteiger partial charge in [0.1, 0.15) is 11.8 Å². The van der Waals surface area contributed by atoms with Crippen molar-refractivity contribution in [3.05, 3.63) is 83.4 Å². The summed E-state index contributed by atoms with van der Waals surface area (Å²) in [6.07, 6.45) is 4.45. The lowest BCUT2D eigenvalue weighted by Gasteiger charge is -2.34. The molecule has 6 heteroatoms. The third-order valence-electron chi connectivity index (χ3n) is 5.95. The molecule has 1 aliphatic rings. The molecule has 2 aromatic carbocycles. The quantitative estimate of drug-likeness (QED) is 0.524. The van der Waals surface area contributed by atoms with Gasteiger partial charge in [-0.05, 0) is 42.6 Å². The number of benzene rings is 2. The van der Waals surface area contributed by atoms with E-state index in [-0.39, 0.29) is 12.0 Å². The molecule has 162 valence electrons. The highest BCUT2D eigenvalue weighted by molar-refractivity contribution is 5.76. The summed E-state index contributed by atoms with van der Waals surface area (Å²) in [4.78, 5) is 19.3. The van der Waals surface area contributed by atoms with Crippen LogP contribution in [0.2, 0.25) is 0 Å². The van der Waals surface area contributed by atoms with Crippen LogP contribution in [0.1, 0.15) is 28.9 Å². The lowest BCUT2D eigenvalue weighted by molar-refractivity contribution is -0.147. The first-order chi connectivity index (χ1) is 15.2. The van der Waals surface area contributed by atoms with Gasteiger partial charge in [0.2, 0.25) is 0 Å². The van der Waals surface area contributed by atoms with E-state index in [1.807, 2.05) is 24.5 Å². The molecule has 0 aliphatic carbocycles. The first-order valence-electron chi connectivity index (χ1n) is 10.7. The number of fused-ring (bicyclic) bond motifs is 1. The minimum Gasteiger partial charge on any atom is -0.497 e. The van der Waals surface area contributed by atoms with Gasteiger partial charge in [-0.3, -0.25) is 9.69 Å². The van der Waals surface area contributed by atoms with Crippen molar-refractivity contribution in [1.82, 2.24) is 14.5 Å². The van der Waals surface area contributed by atoms with Crippen molar-refractivity contribution in [2.75, 3.05) is 20.8 Å². The van der Waals surface area contributed by atoms with Crippen molar-refractivity contribution in [3.63, 3.8) is 0 Å². The molecule has 6 nitrogen and oxygen atoms in total. The van der Waals surface area contributed by atoms with Crippen LogP contribution >= 0.6 is 0 Å². The molecular weight excluding hydrogens is 390 g/mol. The Kier molecular flexibility index (Phi) is 6.67. The van der Waals surface area contributed by atoms with E-state index in [0.29, 0.717) is 13.0 Å². The zero-order valence-electron chi connectivity index (χ0n) is 18.2. The third kappa shape index (κ3) is 4.97. The van der Waals surface area contributed by atoms with Gasteiger partial charge < -0.3 is 14.0 Å². The average molecular weight is 420 g/mol. The number of carbonyl (C=O) groups is 1. The first kappa shape index (κ1) is 21.1. The summed E-state index contributed by atoms with van der Waals surface area (Å²) in [7, 11) is 3.13. The number of methoxy groups -OCH3 is 2.